The summed E-state index contributed by atoms with van der Waals surface area (Å²) in [4.78, 5) is 17.5. The highest BCUT2D eigenvalue weighted by Gasteiger charge is 2.17. The monoisotopic (exact) mass is 444 g/mol. The Morgan fingerprint density at radius 2 is 1.67 bits per heavy atom. The molecule has 0 atom stereocenters. The van der Waals surface area contributed by atoms with Gasteiger partial charge in [0.05, 0.1) is 4.90 Å². The second kappa shape index (κ2) is 9.58. The lowest BCUT2D eigenvalue weighted by Crippen LogP contribution is -1.99. The first kappa shape index (κ1) is 22.2. The van der Waals surface area contributed by atoms with E-state index >= 15 is 0 Å². The molecule has 0 aliphatic carbocycles. The van der Waals surface area contributed by atoms with E-state index in [0.717, 1.165) is 36.9 Å². The lowest BCUT2D eigenvalue weighted by molar-refractivity contribution is 0.0975. The first-order chi connectivity index (χ1) is 14.3. The number of benzene rings is 2. The second-order valence-corrected chi connectivity index (χ2v) is 9.78. The molecule has 0 N–H and O–H groups in total. The van der Waals surface area contributed by atoms with E-state index in [-0.39, 0.29) is 10.7 Å². The topological polar surface area (TPSA) is 69.0 Å². The van der Waals surface area contributed by atoms with Crippen LogP contribution in [0, 0.1) is 0 Å². The largest absolute Gasteiger partial charge is 0.299 e. The van der Waals surface area contributed by atoms with Gasteiger partial charge in [-0.2, -0.15) is 0 Å². The highest BCUT2D eigenvalue weighted by Crippen LogP contribution is 2.26. The van der Waals surface area contributed by atoms with Crippen LogP contribution in [0.15, 0.2) is 59.6 Å². The van der Waals surface area contributed by atoms with Gasteiger partial charge >= 0.3 is 0 Å². The predicted molar refractivity (Wildman–Crippen MR) is 120 cm³/mol. The van der Waals surface area contributed by atoms with Crippen LogP contribution < -0.4 is 0 Å². The molecule has 0 saturated carbocycles. The van der Waals surface area contributed by atoms with Crippen LogP contribution in [0.1, 0.15) is 49.5 Å². The normalized spacial score (nSPS) is 11.6. The Morgan fingerprint density at radius 3 is 2.27 bits per heavy atom. The van der Waals surface area contributed by atoms with Gasteiger partial charge in [0.2, 0.25) is 0 Å². The van der Waals surface area contributed by atoms with E-state index in [1.165, 1.54) is 6.26 Å². The summed E-state index contributed by atoms with van der Waals surface area (Å²) in [7, 11) is -3.29. The molecule has 0 saturated heterocycles. The van der Waals surface area contributed by atoms with Crippen molar-refractivity contribution in [3.8, 4) is 17.1 Å². The number of imidazole rings is 1. The summed E-state index contributed by atoms with van der Waals surface area (Å²) < 4.78 is 25.4. The zero-order chi connectivity index (χ0) is 21.7. The Kier molecular flexibility index (Phi) is 7.10. The van der Waals surface area contributed by atoms with Crippen LogP contribution in [0.5, 0.6) is 0 Å². The maximum absolute atomic E-state index is 12.7. The molecule has 158 valence electrons. The van der Waals surface area contributed by atoms with E-state index in [0.29, 0.717) is 23.0 Å². The molecule has 30 heavy (non-hydrogen) atoms. The molecule has 0 fully saturated rings. The molecule has 3 aromatic rings. The van der Waals surface area contributed by atoms with Crippen molar-refractivity contribution >= 4 is 27.2 Å². The predicted octanol–water partition coefficient (Wildman–Crippen LogP) is 5.75. The van der Waals surface area contributed by atoms with Gasteiger partial charge in [-0.3, -0.25) is 9.36 Å². The molecule has 7 heteroatoms. The van der Waals surface area contributed by atoms with Gasteiger partial charge < -0.3 is 0 Å². The van der Waals surface area contributed by atoms with Gasteiger partial charge in [-0.15, -0.1) is 0 Å². The van der Waals surface area contributed by atoms with Gasteiger partial charge in [0.25, 0.3) is 0 Å². The summed E-state index contributed by atoms with van der Waals surface area (Å²) in [5.41, 5.74) is 1.95. The number of hydrogen-bond donors (Lipinski definition) is 0. The third kappa shape index (κ3) is 5.37. The number of carbonyl (C=O) groups is 1. The number of rotatable bonds is 9. The fourth-order valence-electron chi connectivity index (χ4n) is 3.21. The fraction of sp³-hybridized carbons (Fsp3) is 0.304. The molecule has 5 nitrogen and oxygen atoms in total. The van der Waals surface area contributed by atoms with Gasteiger partial charge in [0, 0.05) is 35.1 Å². The maximum Gasteiger partial charge on any atom is 0.182 e. The Balaban J connectivity index is 1.98. The van der Waals surface area contributed by atoms with Gasteiger partial charge in [-0.05, 0) is 55.0 Å². The standard InChI is InChI=1S/C23H25ClN2O3S/c1-3-4-5-6-7-22(27)21-16-26(19-12-10-18(24)11-13-19)23(25-21)17-8-14-20(15-9-17)30(2,28)29/h8-16H,3-7H2,1-2H3. The van der Waals surface area contributed by atoms with E-state index in [1.807, 2.05) is 16.7 Å². The van der Waals surface area contributed by atoms with Gasteiger partial charge in [-0.25, -0.2) is 13.4 Å². The average molecular weight is 445 g/mol. The van der Waals surface area contributed by atoms with E-state index in [2.05, 4.69) is 11.9 Å². The molecule has 0 spiro atoms. The number of hydrogen-bond acceptors (Lipinski definition) is 4. The highest BCUT2D eigenvalue weighted by atomic mass is 35.5. The quantitative estimate of drug-likeness (QED) is 0.311. The van der Waals surface area contributed by atoms with Crippen molar-refractivity contribution < 1.29 is 13.2 Å². The van der Waals surface area contributed by atoms with Crippen LogP contribution in [-0.4, -0.2) is 30.0 Å². The zero-order valence-corrected chi connectivity index (χ0v) is 18.7. The van der Waals surface area contributed by atoms with E-state index in [9.17, 15) is 13.2 Å². The van der Waals surface area contributed by atoms with Crippen molar-refractivity contribution in [2.45, 2.75) is 43.9 Å². The second-order valence-electron chi connectivity index (χ2n) is 7.33. The minimum Gasteiger partial charge on any atom is -0.299 e. The molecule has 0 amide bonds. The average Bonchev–Trinajstić information content (AvgIpc) is 3.16. The number of carbonyl (C=O) groups excluding carboxylic acids is 1. The van der Waals surface area contributed by atoms with Crippen molar-refractivity contribution in [2.24, 2.45) is 0 Å². The zero-order valence-electron chi connectivity index (χ0n) is 17.1. The SMILES string of the molecule is CCCCCCC(=O)c1cn(-c2ccc(Cl)cc2)c(-c2ccc(S(C)(=O)=O)cc2)n1. The maximum atomic E-state index is 12.7. The number of halogens is 1. The molecule has 0 aliphatic heterocycles. The molecule has 1 aromatic heterocycles. The molecular formula is C23H25ClN2O3S. The Bertz CT molecular complexity index is 1120. The molecule has 1 heterocycles. The summed E-state index contributed by atoms with van der Waals surface area (Å²) in [6.45, 7) is 2.14. The Hall–Kier alpha value is -2.44. The number of Topliss-reactive ketones (excluding diaryl/α,β-unsaturated/α-hetero) is 1. The van der Waals surface area contributed by atoms with E-state index in [4.69, 9.17) is 11.6 Å². The lowest BCUT2D eigenvalue weighted by atomic mass is 10.1. The van der Waals surface area contributed by atoms with Crippen LogP contribution in [0.25, 0.3) is 17.1 Å². The number of unbranched alkanes of at least 4 members (excludes halogenated alkanes) is 3. The smallest absolute Gasteiger partial charge is 0.182 e. The number of aromatic nitrogens is 2. The Labute approximate surface area is 182 Å². The van der Waals surface area contributed by atoms with Gasteiger partial charge in [-0.1, -0.05) is 37.8 Å². The van der Waals surface area contributed by atoms with Crippen molar-refractivity contribution in [1.82, 2.24) is 9.55 Å². The minimum absolute atomic E-state index is 0.00724. The number of nitrogens with zero attached hydrogens (tertiary/aromatic N) is 2. The van der Waals surface area contributed by atoms with E-state index < -0.39 is 9.84 Å². The van der Waals surface area contributed by atoms with Gasteiger partial charge in [0.15, 0.2) is 15.6 Å². The van der Waals surface area contributed by atoms with Crippen molar-refractivity contribution in [3.05, 3.63) is 65.4 Å². The molecule has 0 unspecified atom stereocenters. The first-order valence-electron chi connectivity index (χ1n) is 9.98. The molecule has 0 aliphatic rings. The Morgan fingerprint density at radius 1 is 1.00 bits per heavy atom. The molecule has 3 rings (SSSR count). The summed E-state index contributed by atoms with van der Waals surface area (Å²) in [6, 6.07) is 13.8. The third-order valence-electron chi connectivity index (χ3n) is 4.89. The minimum atomic E-state index is -3.29. The van der Waals surface area contributed by atoms with Crippen LogP contribution >= 0.6 is 11.6 Å². The summed E-state index contributed by atoms with van der Waals surface area (Å²) in [6.07, 6.45) is 7.48. The van der Waals surface area contributed by atoms with Crippen LogP contribution in [0.4, 0.5) is 0 Å². The van der Waals surface area contributed by atoms with Crippen molar-refractivity contribution in [3.63, 3.8) is 0 Å². The summed E-state index contributed by atoms with van der Waals surface area (Å²) in [5.74, 6) is 0.585. The summed E-state index contributed by atoms with van der Waals surface area (Å²) in [5, 5.41) is 0.616. The van der Waals surface area contributed by atoms with Crippen molar-refractivity contribution in [2.75, 3.05) is 6.26 Å². The van der Waals surface area contributed by atoms with Crippen LogP contribution in [-0.2, 0) is 9.84 Å². The molecule has 0 bridgehead atoms. The van der Waals surface area contributed by atoms with E-state index in [1.54, 1.807) is 42.6 Å². The van der Waals surface area contributed by atoms with Crippen LogP contribution in [0.2, 0.25) is 5.02 Å². The molecular weight excluding hydrogens is 420 g/mol. The highest BCUT2D eigenvalue weighted by molar-refractivity contribution is 7.90. The fourth-order valence-corrected chi connectivity index (χ4v) is 3.96. The first-order valence-corrected chi connectivity index (χ1v) is 12.3. The molecule has 0 radical (unpaired) electrons. The third-order valence-corrected chi connectivity index (χ3v) is 6.27. The summed E-state index contributed by atoms with van der Waals surface area (Å²) >= 11 is 6.02. The van der Waals surface area contributed by atoms with Crippen LogP contribution in [0.3, 0.4) is 0 Å². The van der Waals surface area contributed by atoms with Crippen molar-refractivity contribution in [1.29, 1.82) is 0 Å². The molecule has 2 aromatic carbocycles. The number of sulfone groups is 1. The lowest BCUT2D eigenvalue weighted by Gasteiger charge is -2.08. The van der Waals surface area contributed by atoms with Gasteiger partial charge in [0.1, 0.15) is 11.5 Å². The number of ketones is 1.